The third kappa shape index (κ3) is 5.69. The molecule has 9 heteroatoms. The van der Waals surface area contributed by atoms with Crippen molar-refractivity contribution >= 4 is 38.6 Å². The van der Waals surface area contributed by atoms with Crippen molar-refractivity contribution in [1.82, 2.24) is 9.97 Å². The van der Waals surface area contributed by atoms with E-state index < -0.39 is 9.84 Å². The van der Waals surface area contributed by atoms with Crippen LogP contribution in [0.15, 0.2) is 34.3 Å². The normalized spacial score (nSPS) is 24.3. The fraction of sp³-hybridized carbons (Fsp3) is 0.552. The molecule has 1 saturated carbocycles. The van der Waals surface area contributed by atoms with Gasteiger partial charge in [0.2, 0.25) is 0 Å². The lowest BCUT2D eigenvalue weighted by molar-refractivity contribution is -0.117. The van der Waals surface area contributed by atoms with Crippen LogP contribution in [-0.2, 0) is 21.1 Å². The second-order valence-corrected chi connectivity index (χ2v) is 13.3. The third-order valence-electron chi connectivity index (χ3n) is 8.19. The third-order valence-corrected chi connectivity index (χ3v) is 10.3. The molecule has 2 aromatic rings. The highest BCUT2D eigenvalue weighted by Gasteiger charge is 2.44. The number of aromatic nitrogens is 2. The number of fused-ring (bicyclic) bond motifs is 1. The summed E-state index contributed by atoms with van der Waals surface area (Å²) in [6.07, 6.45) is 6.32. The molecule has 0 radical (unpaired) electrons. The van der Waals surface area contributed by atoms with Crippen molar-refractivity contribution in [3.63, 3.8) is 0 Å². The molecule has 3 heterocycles. The van der Waals surface area contributed by atoms with E-state index in [0.29, 0.717) is 23.0 Å². The zero-order valence-corrected chi connectivity index (χ0v) is 24.0. The van der Waals surface area contributed by atoms with Crippen LogP contribution in [0.4, 0.5) is 5.69 Å². The van der Waals surface area contributed by atoms with Crippen LogP contribution in [0.3, 0.4) is 0 Å². The highest BCUT2D eigenvalue weighted by atomic mass is 35.5. The zero-order chi connectivity index (χ0) is 27.6. The number of carbonyl (C=O) groups excluding carboxylic acids is 1. The van der Waals surface area contributed by atoms with Crippen molar-refractivity contribution in [3.05, 3.63) is 46.5 Å². The molecule has 1 aliphatic heterocycles. The Morgan fingerprint density at radius 2 is 2.03 bits per heavy atom. The molecule has 202 valence electrons. The van der Waals surface area contributed by atoms with Gasteiger partial charge in [-0.15, -0.1) is 0 Å². The molecule has 0 amide bonds. The number of nitrogens with zero attached hydrogens (tertiary/aromatic N) is 4. The van der Waals surface area contributed by atoms with E-state index in [1.54, 1.807) is 19.1 Å². The molecule has 0 saturated heterocycles. The molecule has 4 rings (SSSR count). The molecule has 2 aliphatic rings. The van der Waals surface area contributed by atoms with Crippen LogP contribution in [0.1, 0.15) is 75.7 Å². The topological polar surface area (TPSA) is 113 Å². The molecule has 0 N–H and O–H groups in total. The number of aryl methyl sites for hydroxylation is 2. The number of aliphatic imine (C=N–C) groups is 1. The summed E-state index contributed by atoms with van der Waals surface area (Å²) in [7, 11) is -3.27. The first kappa shape index (κ1) is 28.4. The minimum atomic E-state index is -3.27. The van der Waals surface area contributed by atoms with Crippen molar-refractivity contribution < 1.29 is 13.2 Å². The van der Waals surface area contributed by atoms with Crippen LogP contribution in [0.2, 0.25) is 5.15 Å². The van der Waals surface area contributed by atoms with Crippen molar-refractivity contribution in [2.75, 3.05) is 5.75 Å². The van der Waals surface area contributed by atoms with Crippen molar-refractivity contribution in [1.29, 1.82) is 5.26 Å². The molecule has 2 aromatic heterocycles. The van der Waals surface area contributed by atoms with E-state index in [2.05, 4.69) is 11.1 Å². The maximum atomic E-state index is 13.8. The first-order valence-corrected chi connectivity index (χ1v) is 15.5. The number of rotatable bonds is 8. The maximum absolute atomic E-state index is 13.8. The minimum absolute atomic E-state index is 0.0186. The highest BCUT2D eigenvalue weighted by Crippen LogP contribution is 2.49. The number of nitriles is 1. The number of Topliss-reactive ketones (excluding diaryl/α,β-unsaturated/α-hetero) is 1. The van der Waals surface area contributed by atoms with Crippen LogP contribution >= 0.6 is 11.6 Å². The van der Waals surface area contributed by atoms with Crippen LogP contribution < -0.4 is 0 Å². The van der Waals surface area contributed by atoms with Crippen molar-refractivity contribution in [2.45, 2.75) is 77.0 Å². The van der Waals surface area contributed by atoms with Gasteiger partial charge in [0.05, 0.1) is 33.8 Å². The lowest BCUT2D eigenvalue weighted by atomic mass is 9.72. The molecule has 1 aliphatic carbocycles. The molecule has 0 bridgehead atoms. The fourth-order valence-corrected chi connectivity index (χ4v) is 6.85. The Bertz CT molecular complexity index is 1380. The first-order chi connectivity index (χ1) is 18.1. The zero-order valence-electron chi connectivity index (χ0n) is 22.4. The lowest BCUT2D eigenvalue weighted by Gasteiger charge is -2.29. The predicted octanol–water partition coefficient (Wildman–Crippen LogP) is 6.21. The molecule has 38 heavy (non-hydrogen) atoms. The summed E-state index contributed by atoms with van der Waals surface area (Å²) in [4.78, 5) is 28.0. The quantitative estimate of drug-likeness (QED) is 0.359. The molecular weight excluding hydrogens is 520 g/mol. The van der Waals surface area contributed by atoms with Gasteiger partial charge in [-0.25, -0.2) is 18.4 Å². The molecule has 7 nitrogen and oxygen atoms in total. The average molecular weight is 555 g/mol. The Labute approximate surface area is 230 Å². The van der Waals surface area contributed by atoms with Gasteiger partial charge in [0.25, 0.3) is 0 Å². The summed E-state index contributed by atoms with van der Waals surface area (Å²) in [5.41, 5.74) is 3.60. The van der Waals surface area contributed by atoms with Gasteiger partial charge in [0.1, 0.15) is 5.15 Å². The van der Waals surface area contributed by atoms with Crippen LogP contribution in [-0.4, -0.2) is 35.6 Å². The summed E-state index contributed by atoms with van der Waals surface area (Å²) in [5, 5.41) is 10.2. The molecule has 5 atom stereocenters. The standard InChI is InChI=1S/C29H35ClN4O3S/c1-5-38(36,37)22-13-12-21(32-16-22)10-6-8-17(2)26-28(35)19(4)25(23-11-7-9-20(23)15-31)27-24(33-26)14-18(3)29(30)34-27/h12-14,16-17,19-20,23,25H,5-11H2,1-4H3. The smallest absolute Gasteiger partial charge is 0.180 e. The van der Waals surface area contributed by atoms with Gasteiger partial charge in [-0.1, -0.05) is 38.8 Å². The minimum Gasteiger partial charge on any atom is -0.292 e. The number of halogens is 1. The summed E-state index contributed by atoms with van der Waals surface area (Å²) in [5.74, 6) is -0.610. The Hall–Kier alpha value is -2.63. The van der Waals surface area contributed by atoms with E-state index in [1.807, 2.05) is 26.8 Å². The second-order valence-electron chi connectivity index (χ2n) is 10.7. The molecule has 5 unspecified atom stereocenters. The van der Waals surface area contributed by atoms with Gasteiger partial charge in [-0.2, -0.15) is 5.26 Å². The Kier molecular flexibility index (Phi) is 8.68. The van der Waals surface area contributed by atoms with E-state index in [-0.39, 0.29) is 46.0 Å². The van der Waals surface area contributed by atoms with Gasteiger partial charge >= 0.3 is 0 Å². The van der Waals surface area contributed by atoms with E-state index in [4.69, 9.17) is 21.6 Å². The Balaban J connectivity index is 1.55. The largest absolute Gasteiger partial charge is 0.292 e. The van der Waals surface area contributed by atoms with Gasteiger partial charge in [-0.3, -0.25) is 9.78 Å². The van der Waals surface area contributed by atoms with Gasteiger partial charge < -0.3 is 0 Å². The lowest BCUT2D eigenvalue weighted by Crippen LogP contribution is -2.33. The summed E-state index contributed by atoms with van der Waals surface area (Å²) in [6.45, 7) is 7.47. The van der Waals surface area contributed by atoms with Gasteiger partial charge in [-0.05, 0) is 68.7 Å². The van der Waals surface area contributed by atoms with Gasteiger partial charge in [0, 0.05) is 35.6 Å². The maximum Gasteiger partial charge on any atom is 0.180 e. The van der Waals surface area contributed by atoms with E-state index in [0.717, 1.165) is 49.1 Å². The number of pyridine rings is 2. The number of hydrogen-bond donors (Lipinski definition) is 0. The van der Waals surface area contributed by atoms with Crippen LogP contribution in [0, 0.1) is 41.9 Å². The highest BCUT2D eigenvalue weighted by molar-refractivity contribution is 7.91. The Morgan fingerprint density at radius 1 is 1.26 bits per heavy atom. The van der Waals surface area contributed by atoms with Crippen LogP contribution in [0.25, 0.3) is 0 Å². The molecule has 0 aromatic carbocycles. The monoisotopic (exact) mass is 554 g/mol. The predicted molar refractivity (Wildman–Crippen MR) is 149 cm³/mol. The van der Waals surface area contributed by atoms with E-state index in [1.165, 1.54) is 6.20 Å². The summed E-state index contributed by atoms with van der Waals surface area (Å²) >= 11 is 6.45. The van der Waals surface area contributed by atoms with Crippen LogP contribution in [0.5, 0.6) is 0 Å². The Morgan fingerprint density at radius 3 is 2.68 bits per heavy atom. The number of hydrogen-bond acceptors (Lipinski definition) is 7. The average Bonchev–Trinajstić information content (AvgIpc) is 3.34. The summed E-state index contributed by atoms with van der Waals surface area (Å²) < 4.78 is 24.1. The molecular formula is C29H35ClN4O3S. The van der Waals surface area contributed by atoms with E-state index >= 15 is 0 Å². The molecule has 1 fully saturated rings. The summed E-state index contributed by atoms with van der Waals surface area (Å²) in [6, 6.07) is 7.76. The fourth-order valence-electron chi connectivity index (χ4n) is 5.88. The van der Waals surface area contributed by atoms with E-state index in [9.17, 15) is 18.5 Å². The number of sulfone groups is 1. The van der Waals surface area contributed by atoms with Crippen molar-refractivity contribution in [2.24, 2.45) is 28.7 Å². The van der Waals surface area contributed by atoms with Gasteiger partial charge in [0.15, 0.2) is 15.6 Å². The second kappa shape index (κ2) is 11.6. The number of ketones is 1. The SMILES string of the molecule is CCS(=O)(=O)c1ccc(CCCC(C)C2=Nc3cc(C)c(Cl)nc3C(C3CCCC3C#N)C(C)C2=O)nc1. The number of carbonyl (C=O) groups is 1. The first-order valence-electron chi connectivity index (χ1n) is 13.4. The van der Waals surface area contributed by atoms with Crippen molar-refractivity contribution in [3.8, 4) is 6.07 Å². The molecule has 0 spiro atoms.